The Morgan fingerprint density at radius 1 is 1.15 bits per heavy atom. The lowest BCUT2D eigenvalue weighted by atomic mass is 9.84. The van der Waals surface area contributed by atoms with Gasteiger partial charge in [0.1, 0.15) is 18.1 Å². The SMILES string of the molecule is CCCCC1c2ccccc2COc2ccc(CC(=O)CC(C)C)cc21. The summed E-state index contributed by atoms with van der Waals surface area (Å²) in [4.78, 5) is 12.3. The number of carbonyl (C=O) groups excluding carboxylic acids is 1. The fourth-order valence-electron chi connectivity index (χ4n) is 3.91. The van der Waals surface area contributed by atoms with E-state index in [0.717, 1.165) is 17.7 Å². The van der Waals surface area contributed by atoms with Crippen LogP contribution in [-0.2, 0) is 17.8 Å². The maximum atomic E-state index is 12.3. The molecule has 1 aliphatic rings. The van der Waals surface area contributed by atoms with Crippen LogP contribution in [0.25, 0.3) is 0 Å². The molecule has 0 spiro atoms. The lowest BCUT2D eigenvalue weighted by Crippen LogP contribution is -2.08. The van der Waals surface area contributed by atoms with Crippen molar-refractivity contribution in [1.82, 2.24) is 0 Å². The van der Waals surface area contributed by atoms with Crippen LogP contribution in [0.2, 0.25) is 0 Å². The molecule has 138 valence electrons. The van der Waals surface area contributed by atoms with Crippen molar-refractivity contribution in [3.8, 4) is 5.75 Å². The van der Waals surface area contributed by atoms with Crippen LogP contribution >= 0.6 is 0 Å². The molecule has 0 aromatic heterocycles. The third-order valence-electron chi connectivity index (χ3n) is 5.15. The summed E-state index contributed by atoms with van der Waals surface area (Å²) in [6.07, 6.45) is 4.66. The first kappa shape index (κ1) is 18.7. The highest BCUT2D eigenvalue weighted by Crippen LogP contribution is 2.40. The molecule has 0 saturated carbocycles. The Bertz CT molecular complexity index is 761. The van der Waals surface area contributed by atoms with Gasteiger partial charge < -0.3 is 4.74 Å². The molecule has 3 rings (SSSR count). The first-order valence-electron chi connectivity index (χ1n) is 9.93. The highest BCUT2D eigenvalue weighted by atomic mass is 16.5. The molecule has 2 nitrogen and oxygen atoms in total. The maximum absolute atomic E-state index is 12.3. The summed E-state index contributed by atoms with van der Waals surface area (Å²) >= 11 is 0. The molecule has 1 aliphatic heterocycles. The Morgan fingerprint density at radius 3 is 2.73 bits per heavy atom. The van der Waals surface area contributed by atoms with E-state index in [0.29, 0.717) is 37.1 Å². The van der Waals surface area contributed by atoms with Gasteiger partial charge >= 0.3 is 0 Å². The van der Waals surface area contributed by atoms with E-state index in [1.807, 2.05) is 0 Å². The monoisotopic (exact) mass is 350 g/mol. The summed E-state index contributed by atoms with van der Waals surface area (Å²) in [7, 11) is 0. The molecule has 0 radical (unpaired) electrons. The molecule has 1 heterocycles. The van der Waals surface area contributed by atoms with Crippen molar-refractivity contribution in [2.45, 2.75) is 65.4 Å². The second kappa shape index (κ2) is 8.53. The van der Waals surface area contributed by atoms with Crippen LogP contribution in [0.4, 0.5) is 0 Å². The first-order chi connectivity index (χ1) is 12.6. The molecule has 1 unspecified atom stereocenters. The molecule has 0 aliphatic carbocycles. The second-order valence-electron chi connectivity index (χ2n) is 7.87. The van der Waals surface area contributed by atoms with Gasteiger partial charge in [0.25, 0.3) is 0 Å². The van der Waals surface area contributed by atoms with Crippen molar-refractivity contribution in [1.29, 1.82) is 0 Å². The molecule has 2 aromatic rings. The number of Topliss-reactive ketones (excluding diaryl/α,β-unsaturated/α-hetero) is 1. The van der Waals surface area contributed by atoms with Gasteiger partial charge in [-0.25, -0.2) is 0 Å². The van der Waals surface area contributed by atoms with Crippen molar-refractivity contribution in [2.75, 3.05) is 0 Å². The van der Waals surface area contributed by atoms with Crippen LogP contribution in [0.5, 0.6) is 5.75 Å². The second-order valence-corrected chi connectivity index (χ2v) is 7.87. The molecular formula is C24H30O2. The van der Waals surface area contributed by atoms with E-state index in [2.05, 4.69) is 63.2 Å². The molecule has 0 saturated heterocycles. The van der Waals surface area contributed by atoms with E-state index in [9.17, 15) is 4.79 Å². The third-order valence-corrected chi connectivity index (χ3v) is 5.15. The zero-order valence-corrected chi connectivity index (χ0v) is 16.3. The lowest BCUT2D eigenvalue weighted by Gasteiger charge is -2.20. The van der Waals surface area contributed by atoms with Gasteiger partial charge in [-0.1, -0.05) is 70.0 Å². The Kier molecular flexibility index (Phi) is 6.13. The van der Waals surface area contributed by atoms with E-state index < -0.39 is 0 Å². The van der Waals surface area contributed by atoms with Gasteiger partial charge in [0.05, 0.1) is 0 Å². The summed E-state index contributed by atoms with van der Waals surface area (Å²) in [6.45, 7) is 7.05. The standard InChI is InChI=1S/C24H30O2/c1-4-5-9-22-21-10-7-6-8-19(21)16-26-24-12-11-18(15-23(22)24)14-20(25)13-17(2)3/h6-8,10-12,15,17,22H,4-5,9,13-14,16H2,1-3H3. The average molecular weight is 351 g/mol. The number of ketones is 1. The van der Waals surface area contributed by atoms with Crippen molar-refractivity contribution in [3.05, 3.63) is 64.7 Å². The number of fused-ring (bicyclic) bond motifs is 2. The van der Waals surface area contributed by atoms with Gasteiger partial charge in [0.15, 0.2) is 0 Å². The van der Waals surface area contributed by atoms with Crippen molar-refractivity contribution in [3.63, 3.8) is 0 Å². The van der Waals surface area contributed by atoms with Crippen LogP contribution in [0.15, 0.2) is 42.5 Å². The van der Waals surface area contributed by atoms with Gasteiger partial charge in [-0.3, -0.25) is 4.79 Å². The minimum absolute atomic E-state index is 0.319. The number of carbonyl (C=O) groups is 1. The van der Waals surface area contributed by atoms with Crippen LogP contribution < -0.4 is 4.74 Å². The summed E-state index contributed by atoms with van der Waals surface area (Å²) in [5, 5.41) is 0. The highest BCUT2D eigenvalue weighted by molar-refractivity contribution is 5.81. The van der Waals surface area contributed by atoms with E-state index in [4.69, 9.17) is 4.74 Å². The number of hydrogen-bond donors (Lipinski definition) is 0. The van der Waals surface area contributed by atoms with Crippen molar-refractivity contribution >= 4 is 5.78 Å². The quantitative estimate of drug-likeness (QED) is 0.607. The summed E-state index contributed by atoms with van der Waals surface area (Å²) < 4.78 is 6.12. The summed E-state index contributed by atoms with van der Waals surface area (Å²) in [5.41, 5.74) is 5.02. The van der Waals surface area contributed by atoms with Crippen LogP contribution in [0.1, 0.15) is 74.6 Å². The fraction of sp³-hybridized carbons (Fsp3) is 0.458. The zero-order valence-electron chi connectivity index (χ0n) is 16.3. The highest BCUT2D eigenvalue weighted by Gasteiger charge is 2.24. The Morgan fingerprint density at radius 2 is 1.96 bits per heavy atom. The van der Waals surface area contributed by atoms with Gasteiger partial charge in [-0.05, 0) is 35.1 Å². The number of ether oxygens (including phenoxy) is 1. The molecule has 0 amide bonds. The molecular weight excluding hydrogens is 320 g/mol. The van der Waals surface area contributed by atoms with E-state index >= 15 is 0 Å². The maximum Gasteiger partial charge on any atom is 0.137 e. The molecule has 0 bridgehead atoms. The van der Waals surface area contributed by atoms with E-state index in [-0.39, 0.29) is 0 Å². The number of benzene rings is 2. The molecule has 26 heavy (non-hydrogen) atoms. The largest absolute Gasteiger partial charge is 0.489 e. The third kappa shape index (κ3) is 4.35. The van der Waals surface area contributed by atoms with E-state index in [1.165, 1.54) is 29.5 Å². The topological polar surface area (TPSA) is 26.3 Å². The summed E-state index contributed by atoms with van der Waals surface area (Å²) in [5.74, 6) is 2.06. The minimum atomic E-state index is 0.319. The molecule has 0 N–H and O–H groups in total. The van der Waals surface area contributed by atoms with Crippen molar-refractivity contribution < 1.29 is 9.53 Å². The first-order valence-corrected chi connectivity index (χ1v) is 9.93. The van der Waals surface area contributed by atoms with Crippen LogP contribution in [-0.4, -0.2) is 5.78 Å². The van der Waals surface area contributed by atoms with Gasteiger partial charge in [0, 0.05) is 24.3 Å². The van der Waals surface area contributed by atoms with Gasteiger partial charge in [-0.2, -0.15) is 0 Å². The Labute approximate surface area is 157 Å². The Balaban J connectivity index is 1.94. The van der Waals surface area contributed by atoms with Gasteiger partial charge in [-0.15, -0.1) is 0 Å². The normalized spacial score (nSPS) is 15.8. The molecule has 2 aromatic carbocycles. The minimum Gasteiger partial charge on any atom is -0.489 e. The van der Waals surface area contributed by atoms with Crippen molar-refractivity contribution in [2.24, 2.45) is 5.92 Å². The lowest BCUT2D eigenvalue weighted by molar-refractivity contribution is -0.119. The van der Waals surface area contributed by atoms with Crippen LogP contribution in [0.3, 0.4) is 0 Å². The zero-order chi connectivity index (χ0) is 18.5. The smallest absolute Gasteiger partial charge is 0.137 e. The molecule has 0 fully saturated rings. The number of hydrogen-bond acceptors (Lipinski definition) is 2. The Hall–Kier alpha value is -2.09. The van der Waals surface area contributed by atoms with Crippen LogP contribution in [0, 0.1) is 5.92 Å². The van der Waals surface area contributed by atoms with Gasteiger partial charge in [0.2, 0.25) is 0 Å². The molecule has 2 heteroatoms. The number of rotatable bonds is 7. The predicted molar refractivity (Wildman–Crippen MR) is 107 cm³/mol. The number of unbranched alkanes of at least 4 members (excludes halogenated alkanes) is 1. The summed E-state index contributed by atoms with van der Waals surface area (Å²) in [6, 6.07) is 15.0. The molecule has 1 atom stereocenters. The fourth-order valence-corrected chi connectivity index (χ4v) is 3.91. The van der Waals surface area contributed by atoms with E-state index in [1.54, 1.807) is 0 Å². The average Bonchev–Trinajstić information content (AvgIpc) is 2.76. The predicted octanol–water partition coefficient (Wildman–Crippen LogP) is 6.06.